The maximum atomic E-state index is 12.8. The molecule has 0 aliphatic carbocycles. The van der Waals surface area contributed by atoms with Gasteiger partial charge in [0, 0.05) is 11.1 Å². The van der Waals surface area contributed by atoms with E-state index >= 15 is 0 Å². The lowest BCUT2D eigenvalue weighted by Gasteiger charge is -2.08. The molecule has 3 nitrogen and oxygen atoms in total. The Bertz CT molecular complexity index is 668. The van der Waals surface area contributed by atoms with E-state index in [4.69, 9.17) is 16.3 Å². The van der Waals surface area contributed by atoms with E-state index in [1.807, 2.05) is 0 Å². The Labute approximate surface area is 127 Å². The molecule has 0 radical (unpaired) electrons. The summed E-state index contributed by atoms with van der Waals surface area (Å²) in [5.41, 5.74) is 1.21. The summed E-state index contributed by atoms with van der Waals surface area (Å²) in [5.74, 6) is -0.136. The van der Waals surface area contributed by atoms with Gasteiger partial charge in [-0.25, -0.2) is 4.39 Å². The molecule has 0 atom stereocenters. The number of amides is 1. The molecule has 0 aliphatic rings. The number of methoxy groups -OCH3 is 1. The number of anilines is 1. The average molecular weight is 306 g/mol. The number of nitrogens with one attached hydrogen (secondary N) is 1. The molecule has 2 aromatic rings. The van der Waals surface area contributed by atoms with Gasteiger partial charge < -0.3 is 10.1 Å². The van der Waals surface area contributed by atoms with E-state index in [2.05, 4.69) is 5.32 Å². The molecule has 0 saturated carbocycles. The van der Waals surface area contributed by atoms with Gasteiger partial charge in [0.25, 0.3) is 0 Å². The number of halogens is 2. The monoisotopic (exact) mass is 305 g/mol. The maximum absolute atomic E-state index is 12.8. The van der Waals surface area contributed by atoms with Gasteiger partial charge in [-0.15, -0.1) is 0 Å². The van der Waals surface area contributed by atoms with Crippen LogP contribution >= 0.6 is 11.6 Å². The first kappa shape index (κ1) is 15.1. The number of ether oxygens (including phenoxy) is 1. The minimum atomic E-state index is -0.333. The van der Waals surface area contributed by atoms with Crippen LogP contribution in [0.1, 0.15) is 5.56 Å². The van der Waals surface area contributed by atoms with E-state index < -0.39 is 0 Å². The minimum absolute atomic E-state index is 0.319. The highest BCUT2D eigenvalue weighted by atomic mass is 35.5. The molecule has 2 aromatic carbocycles. The Morgan fingerprint density at radius 3 is 2.62 bits per heavy atom. The molecule has 5 heteroatoms. The van der Waals surface area contributed by atoms with Gasteiger partial charge in [-0.1, -0.05) is 23.7 Å². The Kier molecular flexibility index (Phi) is 4.95. The third-order valence-corrected chi connectivity index (χ3v) is 2.95. The first-order valence-electron chi connectivity index (χ1n) is 6.16. The SMILES string of the molecule is COc1ccc(Cl)cc1NC(=O)/C=C/c1ccc(F)cc1. The maximum Gasteiger partial charge on any atom is 0.248 e. The molecular weight excluding hydrogens is 293 g/mol. The Hall–Kier alpha value is -2.33. The Morgan fingerprint density at radius 2 is 1.95 bits per heavy atom. The molecule has 1 N–H and O–H groups in total. The van der Waals surface area contributed by atoms with Crippen molar-refractivity contribution in [2.45, 2.75) is 0 Å². The van der Waals surface area contributed by atoms with Crippen LogP contribution in [0.2, 0.25) is 5.02 Å². The molecule has 0 aliphatic heterocycles. The fourth-order valence-corrected chi connectivity index (χ4v) is 1.87. The van der Waals surface area contributed by atoms with Crippen molar-refractivity contribution < 1.29 is 13.9 Å². The normalized spacial score (nSPS) is 10.6. The zero-order valence-electron chi connectivity index (χ0n) is 11.3. The predicted octanol–water partition coefficient (Wildman–Crippen LogP) is 4.14. The number of carbonyl (C=O) groups excluding carboxylic acids is 1. The third kappa shape index (κ3) is 4.33. The summed E-state index contributed by atoms with van der Waals surface area (Å²) in [6, 6.07) is 10.8. The largest absolute Gasteiger partial charge is 0.495 e. The summed E-state index contributed by atoms with van der Waals surface area (Å²) in [5, 5.41) is 3.17. The van der Waals surface area contributed by atoms with Gasteiger partial charge in [-0.05, 0) is 42.0 Å². The topological polar surface area (TPSA) is 38.3 Å². The van der Waals surface area contributed by atoms with Gasteiger partial charge in [0.1, 0.15) is 11.6 Å². The van der Waals surface area contributed by atoms with Crippen molar-refractivity contribution in [3.05, 3.63) is 64.9 Å². The molecular formula is C16H13ClFNO2. The van der Waals surface area contributed by atoms with E-state index in [9.17, 15) is 9.18 Å². The summed E-state index contributed by atoms with van der Waals surface area (Å²) in [6.07, 6.45) is 2.94. The van der Waals surface area contributed by atoms with Crippen LogP contribution in [-0.2, 0) is 4.79 Å². The first-order chi connectivity index (χ1) is 10.1. The minimum Gasteiger partial charge on any atom is -0.495 e. The number of hydrogen-bond donors (Lipinski definition) is 1. The number of benzene rings is 2. The van der Waals surface area contributed by atoms with Gasteiger partial charge in [-0.3, -0.25) is 4.79 Å². The highest BCUT2D eigenvalue weighted by Crippen LogP contribution is 2.27. The second-order valence-electron chi connectivity index (χ2n) is 4.22. The van der Waals surface area contributed by atoms with E-state index in [1.165, 1.54) is 25.3 Å². The molecule has 0 spiro atoms. The Balaban J connectivity index is 2.08. The first-order valence-corrected chi connectivity index (χ1v) is 6.54. The fraction of sp³-hybridized carbons (Fsp3) is 0.0625. The molecule has 108 valence electrons. The molecule has 0 aromatic heterocycles. The molecule has 0 fully saturated rings. The molecule has 0 unspecified atom stereocenters. The van der Waals surface area contributed by atoms with Crippen molar-refractivity contribution in [2.75, 3.05) is 12.4 Å². The summed E-state index contributed by atoms with van der Waals surface area (Å²) in [6.45, 7) is 0. The highest BCUT2D eigenvalue weighted by molar-refractivity contribution is 6.31. The smallest absolute Gasteiger partial charge is 0.248 e. The van der Waals surface area contributed by atoms with Crippen LogP contribution in [0.25, 0.3) is 6.08 Å². The quantitative estimate of drug-likeness (QED) is 0.862. The second-order valence-corrected chi connectivity index (χ2v) is 4.66. The van der Waals surface area contributed by atoms with E-state index in [0.717, 1.165) is 5.56 Å². The van der Waals surface area contributed by atoms with Crippen molar-refractivity contribution in [1.29, 1.82) is 0 Å². The average Bonchev–Trinajstić information content (AvgIpc) is 2.47. The van der Waals surface area contributed by atoms with Crippen LogP contribution < -0.4 is 10.1 Å². The number of carbonyl (C=O) groups is 1. The van der Waals surface area contributed by atoms with Gasteiger partial charge in [0.05, 0.1) is 12.8 Å². The van der Waals surface area contributed by atoms with Gasteiger partial charge in [0.15, 0.2) is 0 Å². The zero-order chi connectivity index (χ0) is 15.2. The van der Waals surface area contributed by atoms with Crippen molar-refractivity contribution in [3.8, 4) is 5.75 Å². The van der Waals surface area contributed by atoms with Crippen LogP contribution in [0.15, 0.2) is 48.5 Å². The summed E-state index contributed by atoms with van der Waals surface area (Å²) >= 11 is 5.88. The summed E-state index contributed by atoms with van der Waals surface area (Å²) in [7, 11) is 1.51. The van der Waals surface area contributed by atoms with E-state index in [-0.39, 0.29) is 11.7 Å². The van der Waals surface area contributed by atoms with Crippen LogP contribution in [0, 0.1) is 5.82 Å². The van der Waals surface area contributed by atoms with Crippen molar-refractivity contribution in [1.82, 2.24) is 0 Å². The molecule has 0 heterocycles. The lowest BCUT2D eigenvalue weighted by Crippen LogP contribution is -2.08. The van der Waals surface area contributed by atoms with Gasteiger partial charge in [-0.2, -0.15) is 0 Å². The van der Waals surface area contributed by atoms with Crippen LogP contribution in [0.5, 0.6) is 5.75 Å². The zero-order valence-corrected chi connectivity index (χ0v) is 12.0. The fourth-order valence-electron chi connectivity index (χ4n) is 1.70. The van der Waals surface area contributed by atoms with Crippen LogP contribution in [0.3, 0.4) is 0 Å². The standard InChI is InChI=1S/C16H13ClFNO2/c1-21-15-8-5-12(17)10-14(15)19-16(20)9-4-11-2-6-13(18)7-3-11/h2-10H,1H3,(H,19,20)/b9-4+. The predicted molar refractivity (Wildman–Crippen MR) is 82.1 cm³/mol. The third-order valence-electron chi connectivity index (χ3n) is 2.72. The van der Waals surface area contributed by atoms with Crippen molar-refractivity contribution in [3.63, 3.8) is 0 Å². The number of hydrogen-bond acceptors (Lipinski definition) is 2. The van der Waals surface area contributed by atoms with E-state index in [1.54, 1.807) is 36.4 Å². The highest BCUT2D eigenvalue weighted by Gasteiger charge is 2.06. The summed E-state index contributed by atoms with van der Waals surface area (Å²) in [4.78, 5) is 11.9. The molecule has 2 rings (SSSR count). The van der Waals surface area contributed by atoms with Crippen LogP contribution in [0.4, 0.5) is 10.1 Å². The van der Waals surface area contributed by atoms with Crippen molar-refractivity contribution in [2.24, 2.45) is 0 Å². The van der Waals surface area contributed by atoms with Gasteiger partial charge >= 0.3 is 0 Å². The lowest BCUT2D eigenvalue weighted by atomic mass is 10.2. The van der Waals surface area contributed by atoms with E-state index in [0.29, 0.717) is 16.5 Å². The number of rotatable bonds is 4. The van der Waals surface area contributed by atoms with Crippen molar-refractivity contribution >= 4 is 29.3 Å². The molecule has 0 saturated heterocycles. The summed E-state index contributed by atoms with van der Waals surface area (Å²) < 4.78 is 17.9. The lowest BCUT2D eigenvalue weighted by molar-refractivity contribution is -0.111. The Morgan fingerprint density at radius 1 is 1.24 bits per heavy atom. The molecule has 21 heavy (non-hydrogen) atoms. The van der Waals surface area contributed by atoms with Gasteiger partial charge in [0.2, 0.25) is 5.91 Å². The van der Waals surface area contributed by atoms with Crippen LogP contribution in [-0.4, -0.2) is 13.0 Å². The molecule has 0 bridgehead atoms. The second kappa shape index (κ2) is 6.90. The molecule has 1 amide bonds.